The van der Waals surface area contributed by atoms with Gasteiger partial charge in [-0.05, 0) is 54.5 Å². The molecule has 0 heterocycles. The van der Waals surface area contributed by atoms with Crippen molar-refractivity contribution in [3.63, 3.8) is 0 Å². The lowest BCUT2D eigenvalue weighted by Gasteiger charge is -2.23. The first-order valence-corrected chi connectivity index (χ1v) is 12.8. The number of sulfonamides is 1. The van der Waals surface area contributed by atoms with Gasteiger partial charge >= 0.3 is 0 Å². The molecule has 2 rings (SSSR count). The summed E-state index contributed by atoms with van der Waals surface area (Å²) in [6.07, 6.45) is 1.87. The molecule has 1 amide bonds. The smallest absolute Gasteiger partial charge is 0.240 e. The number of rotatable bonds is 10. The predicted octanol–water partition coefficient (Wildman–Crippen LogP) is 4.51. The zero-order valence-electron chi connectivity index (χ0n) is 16.3. The van der Waals surface area contributed by atoms with Gasteiger partial charge in [-0.1, -0.05) is 41.4 Å². The van der Waals surface area contributed by atoms with Gasteiger partial charge in [-0.25, -0.2) is 8.42 Å². The minimum absolute atomic E-state index is 0.280. The molecule has 0 saturated heterocycles. The fourth-order valence-electron chi connectivity index (χ4n) is 2.59. The standard InChI is InChI=1S/C20H24Cl2N2O3S2/c1-15-4-7-18(22)12-19(15)24(29(2,26)27)13-20(25)23-10-3-11-28-14-16-5-8-17(21)9-6-16/h4-9,12H,3,10-11,13-14H2,1-2H3,(H,23,25). The Hall–Kier alpha value is -1.41. The number of nitrogens with one attached hydrogen (secondary N) is 1. The van der Waals surface area contributed by atoms with Crippen molar-refractivity contribution in [2.24, 2.45) is 0 Å². The van der Waals surface area contributed by atoms with Gasteiger partial charge in [0.1, 0.15) is 6.54 Å². The zero-order chi connectivity index (χ0) is 21.4. The van der Waals surface area contributed by atoms with Crippen molar-refractivity contribution in [2.45, 2.75) is 19.1 Å². The van der Waals surface area contributed by atoms with E-state index in [4.69, 9.17) is 23.2 Å². The number of carbonyl (C=O) groups excluding carboxylic acids is 1. The normalized spacial score (nSPS) is 11.3. The van der Waals surface area contributed by atoms with Crippen LogP contribution in [0, 0.1) is 6.92 Å². The largest absolute Gasteiger partial charge is 0.354 e. The predicted molar refractivity (Wildman–Crippen MR) is 124 cm³/mol. The molecule has 2 aromatic rings. The molecule has 0 unspecified atom stereocenters. The average Bonchev–Trinajstić information content (AvgIpc) is 2.65. The van der Waals surface area contributed by atoms with Crippen molar-refractivity contribution in [3.8, 4) is 0 Å². The lowest BCUT2D eigenvalue weighted by atomic mass is 10.2. The minimum Gasteiger partial charge on any atom is -0.354 e. The van der Waals surface area contributed by atoms with Gasteiger partial charge in [0.05, 0.1) is 11.9 Å². The molecular formula is C20H24Cl2N2O3S2. The summed E-state index contributed by atoms with van der Waals surface area (Å²) in [7, 11) is -3.62. The Kier molecular flexibility index (Phi) is 9.14. The van der Waals surface area contributed by atoms with E-state index in [9.17, 15) is 13.2 Å². The lowest BCUT2D eigenvalue weighted by molar-refractivity contribution is -0.119. The Morgan fingerprint density at radius 3 is 2.41 bits per heavy atom. The third kappa shape index (κ3) is 8.09. The molecule has 29 heavy (non-hydrogen) atoms. The molecule has 0 atom stereocenters. The molecule has 0 saturated carbocycles. The van der Waals surface area contributed by atoms with Crippen LogP contribution in [0.1, 0.15) is 17.5 Å². The fourth-order valence-corrected chi connectivity index (χ4v) is 4.71. The number of nitrogens with zero attached hydrogens (tertiary/aromatic N) is 1. The van der Waals surface area contributed by atoms with E-state index >= 15 is 0 Å². The molecule has 9 heteroatoms. The van der Waals surface area contributed by atoms with E-state index in [1.165, 1.54) is 5.56 Å². The molecule has 0 fully saturated rings. The van der Waals surface area contributed by atoms with E-state index in [1.807, 2.05) is 24.3 Å². The van der Waals surface area contributed by atoms with E-state index in [1.54, 1.807) is 36.9 Å². The zero-order valence-corrected chi connectivity index (χ0v) is 19.5. The van der Waals surface area contributed by atoms with Gasteiger partial charge in [0.2, 0.25) is 15.9 Å². The Bertz CT molecular complexity index is 935. The number of hydrogen-bond acceptors (Lipinski definition) is 4. The van der Waals surface area contributed by atoms with Crippen LogP contribution in [-0.2, 0) is 20.6 Å². The highest BCUT2D eigenvalue weighted by molar-refractivity contribution is 7.98. The maximum Gasteiger partial charge on any atom is 0.240 e. The van der Waals surface area contributed by atoms with Crippen LogP contribution in [0.4, 0.5) is 5.69 Å². The van der Waals surface area contributed by atoms with E-state index in [-0.39, 0.29) is 12.5 Å². The van der Waals surface area contributed by atoms with Gasteiger partial charge in [0, 0.05) is 22.3 Å². The molecule has 0 bridgehead atoms. The average molecular weight is 475 g/mol. The summed E-state index contributed by atoms with van der Waals surface area (Å²) in [6.45, 7) is 1.98. The number of aryl methyl sites for hydroxylation is 1. The van der Waals surface area contributed by atoms with Crippen molar-refractivity contribution in [2.75, 3.05) is 29.4 Å². The summed E-state index contributed by atoms with van der Waals surface area (Å²) in [5.74, 6) is 1.41. The first kappa shape index (κ1) is 23.9. The molecule has 0 aliphatic rings. The Labute approximate surface area is 186 Å². The van der Waals surface area contributed by atoms with Crippen LogP contribution < -0.4 is 9.62 Å². The second-order valence-corrected chi connectivity index (χ2v) is 10.5. The van der Waals surface area contributed by atoms with Gasteiger partial charge < -0.3 is 5.32 Å². The third-order valence-corrected chi connectivity index (χ3v) is 6.83. The van der Waals surface area contributed by atoms with Crippen molar-refractivity contribution >= 4 is 56.6 Å². The molecule has 158 valence electrons. The number of benzene rings is 2. The summed E-state index contributed by atoms with van der Waals surface area (Å²) in [6, 6.07) is 12.7. The fraction of sp³-hybridized carbons (Fsp3) is 0.350. The number of halogens is 2. The van der Waals surface area contributed by atoms with Crippen LogP contribution in [0.3, 0.4) is 0 Å². The molecule has 0 aliphatic carbocycles. The van der Waals surface area contributed by atoms with Crippen molar-refractivity contribution < 1.29 is 13.2 Å². The van der Waals surface area contributed by atoms with Gasteiger partial charge in [0.25, 0.3) is 0 Å². The quantitative estimate of drug-likeness (QED) is 0.514. The molecule has 1 N–H and O–H groups in total. The summed E-state index contributed by atoms with van der Waals surface area (Å²) in [5.41, 5.74) is 2.34. The monoisotopic (exact) mass is 474 g/mol. The van der Waals surface area contributed by atoms with E-state index in [0.29, 0.717) is 17.3 Å². The second kappa shape index (κ2) is 11.1. The van der Waals surface area contributed by atoms with E-state index in [0.717, 1.165) is 39.1 Å². The molecule has 0 spiro atoms. The highest BCUT2D eigenvalue weighted by Gasteiger charge is 2.22. The molecule has 5 nitrogen and oxygen atoms in total. The Morgan fingerprint density at radius 1 is 1.10 bits per heavy atom. The number of carbonyl (C=O) groups is 1. The maximum atomic E-state index is 12.3. The number of anilines is 1. The highest BCUT2D eigenvalue weighted by Crippen LogP contribution is 2.26. The van der Waals surface area contributed by atoms with Crippen molar-refractivity contribution in [1.82, 2.24) is 5.32 Å². The first-order chi connectivity index (χ1) is 13.7. The lowest BCUT2D eigenvalue weighted by Crippen LogP contribution is -2.41. The van der Waals surface area contributed by atoms with Gasteiger partial charge in [0.15, 0.2) is 0 Å². The topological polar surface area (TPSA) is 66.5 Å². The van der Waals surface area contributed by atoms with Crippen LogP contribution in [0.2, 0.25) is 10.0 Å². The Balaban J connectivity index is 1.80. The third-order valence-electron chi connectivity index (χ3n) is 4.10. The van der Waals surface area contributed by atoms with Crippen molar-refractivity contribution in [3.05, 3.63) is 63.6 Å². The van der Waals surface area contributed by atoms with Gasteiger partial charge in [-0.15, -0.1) is 0 Å². The molecular weight excluding hydrogens is 451 g/mol. The number of hydrogen-bond donors (Lipinski definition) is 1. The maximum absolute atomic E-state index is 12.3. The van der Waals surface area contributed by atoms with Gasteiger partial charge in [-0.3, -0.25) is 9.10 Å². The summed E-state index contributed by atoms with van der Waals surface area (Å²) < 4.78 is 25.5. The summed E-state index contributed by atoms with van der Waals surface area (Å²) in [4.78, 5) is 12.3. The van der Waals surface area contributed by atoms with Crippen LogP contribution >= 0.6 is 35.0 Å². The molecule has 0 aliphatic heterocycles. The van der Waals surface area contributed by atoms with Crippen LogP contribution in [0.25, 0.3) is 0 Å². The van der Waals surface area contributed by atoms with Crippen LogP contribution in [-0.4, -0.2) is 39.4 Å². The van der Waals surface area contributed by atoms with Crippen LogP contribution in [0.5, 0.6) is 0 Å². The molecule has 0 aromatic heterocycles. The SMILES string of the molecule is Cc1ccc(Cl)cc1N(CC(=O)NCCCSCc1ccc(Cl)cc1)S(C)(=O)=O. The first-order valence-electron chi connectivity index (χ1n) is 8.99. The van der Waals surface area contributed by atoms with Crippen LogP contribution in [0.15, 0.2) is 42.5 Å². The second-order valence-electron chi connectivity index (χ2n) is 6.58. The van der Waals surface area contributed by atoms with E-state index in [2.05, 4.69) is 5.32 Å². The highest BCUT2D eigenvalue weighted by atomic mass is 35.5. The van der Waals surface area contributed by atoms with E-state index < -0.39 is 10.0 Å². The van der Waals surface area contributed by atoms with Gasteiger partial charge in [-0.2, -0.15) is 11.8 Å². The number of amides is 1. The molecule has 2 aromatic carbocycles. The summed E-state index contributed by atoms with van der Waals surface area (Å²) >= 11 is 13.6. The summed E-state index contributed by atoms with van der Waals surface area (Å²) in [5, 5.41) is 3.92. The van der Waals surface area contributed by atoms with Crippen molar-refractivity contribution in [1.29, 1.82) is 0 Å². The Morgan fingerprint density at radius 2 is 1.76 bits per heavy atom. The molecule has 0 radical (unpaired) electrons. The minimum atomic E-state index is -3.62. The number of thioether (sulfide) groups is 1.